The first-order chi connectivity index (χ1) is 10.5. The molecular formula is C16H12BrClN2O2. The molecule has 1 saturated heterocycles. The molecule has 3 rings (SSSR count). The van der Waals surface area contributed by atoms with Gasteiger partial charge in [0.1, 0.15) is 6.04 Å². The van der Waals surface area contributed by atoms with Crippen LogP contribution in [0.5, 0.6) is 0 Å². The third-order valence-electron chi connectivity index (χ3n) is 3.40. The van der Waals surface area contributed by atoms with Crippen LogP contribution in [0.25, 0.3) is 0 Å². The lowest BCUT2D eigenvalue weighted by Crippen LogP contribution is -2.34. The lowest BCUT2D eigenvalue weighted by molar-refractivity contribution is -0.121. The Labute approximate surface area is 141 Å². The van der Waals surface area contributed by atoms with Crippen molar-refractivity contribution in [3.63, 3.8) is 0 Å². The van der Waals surface area contributed by atoms with E-state index in [0.29, 0.717) is 10.7 Å². The van der Waals surface area contributed by atoms with Gasteiger partial charge in [0, 0.05) is 15.2 Å². The van der Waals surface area contributed by atoms with Crippen molar-refractivity contribution in [1.29, 1.82) is 0 Å². The fraction of sp³-hybridized carbons (Fsp3) is 0.125. The SMILES string of the molecule is O=C1C[C@H](Nc2cccc(Cl)c2)C(=O)N1c1ccc(Br)cc1. The second-order valence-electron chi connectivity index (χ2n) is 4.96. The number of hydrogen-bond donors (Lipinski definition) is 1. The number of anilines is 2. The van der Waals surface area contributed by atoms with Crippen LogP contribution in [0.1, 0.15) is 6.42 Å². The lowest BCUT2D eigenvalue weighted by Gasteiger charge is -2.16. The van der Waals surface area contributed by atoms with Gasteiger partial charge in [-0.1, -0.05) is 33.6 Å². The minimum atomic E-state index is -0.574. The van der Waals surface area contributed by atoms with Crippen molar-refractivity contribution < 1.29 is 9.59 Å². The summed E-state index contributed by atoms with van der Waals surface area (Å²) in [5.74, 6) is -0.473. The number of nitrogens with one attached hydrogen (secondary N) is 1. The fourth-order valence-corrected chi connectivity index (χ4v) is 2.84. The van der Waals surface area contributed by atoms with E-state index in [9.17, 15) is 9.59 Å². The third-order valence-corrected chi connectivity index (χ3v) is 4.16. The van der Waals surface area contributed by atoms with Gasteiger partial charge in [-0.3, -0.25) is 9.59 Å². The van der Waals surface area contributed by atoms with E-state index in [2.05, 4.69) is 21.2 Å². The molecule has 112 valence electrons. The average Bonchev–Trinajstić information content (AvgIpc) is 2.75. The van der Waals surface area contributed by atoms with E-state index >= 15 is 0 Å². The van der Waals surface area contributed by atoms with Gasteiger partial charge < -0.3 is 5.32 Å². The molecule has 0 spiro atoms. The number of carbonyl (C=O) groups excluding carboxylic acids is 2. The van der Waals surface area contributed by atoms with Gasteiger partial charge in [0.15, 0.2) is 0 Å². The van der Waals surface area contributed by atoms with E-state index in [1.54, 1.807) is 42.5 Å². The third kappa shape index (κ3) is 3.00. The second-order valence-corrected chi connectivity index (χ2v) is 6.31. The molecule has 0 radical (unpaired) electrons. The maximum absolute atomic E-state index is 12.5. The van der Waals surface area contributed by atoms with Gasteiger partial charge in [-0.25, -0.2) is 4.90 Å². The zero-order valence-electron chi connectivity index (χ0n) is 11.4. The van der Waals surface area contributed by atoms with Crippen molar-refractivity contribution in [2.75, 3.05) is 10.2 Å². The number of rotatable bonds is 3. The van der Waals surface area contributed by atoms with Gasteiger partial charge in [0.2, 0.25) is 5.91 Å². The van der Waals surface area contributed by atoms with Crippen LogP contribution in [0.2, 0.25) is 5.02 Å². The Kier molecular flexibility index (Phi) is 4.18. The van der Waals surface area contributed by atoms with E-state index in [1.807, 2.05) is 6.07 Å². The Balaban J connectivity index is 1.81. The van der Waals surface area contributed by atoms with E-state index < -0.39 is 6.04 Å². The summed E-state index contributed by atoms with van der Waals surface area (Å²) in [5.41, 5.74) is 1.30. The summed E-state index contributed by atoms with van der Waals surface area (Å²) < 4.78 is 0.893. The molecule has 0 saturated carbocycles. The molecule has 0 aliphatic carbocycles. The maximum atomic E-state index is 12.5. The van der Waals surface area contributed by atoms with Crippen LogP contribution >= 0.6 is 27.5 Å². The van der Waals surface area contributed by atoms with Crippen molar-refractivity contribution in [3.05, 3.63) is 58.0 Å². The first-order valence-electron chi connectivity index (χ1n) is 6.69. The summed E-state index contributed by atoms with van der Waals surface area (Å²) >= 11 is 9.26. The smallest absolute Gasteiger partial charge is 0.256 e. The molecule has 2 aromatic carbocycles. The molecule has 1 fully saturated rings. The average molecular weight is 380 g/mol. The number of hydrogen-bond acceptors (Lipinski definition) is 3. The van der Waals surface area contributed by atoms with Crippen molar-refractivity contribution in [3.8, 4) is 0 Å². The molecule has 1 atom stereocenters. The van der Waals surface area contributed by atoms with Crippen LogP contribution in [0, 0.1) is 0 Å². The number of amides is 2. The van der Waals surface area contributed by atoms with Crippen molar-refractivity contribution in [2.45, 2.75) is 12.5 Å². The van der Waals surface area contributed by atoms with Crippen LogP contribution < -0.4 is 10.2 Å². The Morgan fingerprint density at radius 1 is 1.14 bits per heavy atom. The number of nitrogens with zero attached hydrogens (tertiary/aromatic N) is 1. The highest BCUT2D eigenvalue weighted by Crippen LogP contribution is 2.26. The molecule has 0 aromatic heterocycles. The van der Waals surface area contributed by atoms with Crippen LogP contribution in [0.4, 0.5) is 11.4 Å². The monoisotopic (exact) mass is 378 g/mol. The molecule has 2 aromatic rings. The highest BCUT2D eigenvalue weighted by Gasteiger charge is 2.39. The van der Waals surface area contributed by atoms with Crippen LogP contribution in [0.15, 0.2) is 53.0 Å². The lowest BCUT2D eigenvalue weighted by atomic mass is 10.2. The van der Waals surface area contributed by atoms with Gasteiger partial charge in [0.05, 0.1) is 12.1 Å². The standard InChI is InChI=1S/C16H12BrClN2O2/c17-10-4-6-13(7-5-10)20-15(21)9-14(16(20)22)19-12-3-1-2-11(18)8-12/h1-8,14,19H,9H2/t14-/m0/s1. The van der Waals surface area contributed by atoms with Crippen LogP contribution in [-0.4, -0.2) is 17.9 Å². The zero-order valence-corrected chi connectivity index (χ0v) is 13.8. The summed E-state index contributed by atoms with van der Waals surface area (Å²) in [7, 11) is 0. The quantitative estimate of drug-likeness (QED) is 0.824. The molecule has 2 amide bonds. The van der Waals surface area contributed by atoms with E-state index in [4.69, 9.17) is 11.6 Å². The molecule has 1 aliphatic heterocycles. The topological polar surface area (TPSA) is 49.4 Å². The Morgan fingerprint density at radius 2 is 1.86 bits per heavy atom. The highest BCUT2D eigenvalue weighted by molar-refractivity contribution is 9.10. The van der Waals surface area contributed by atoms with Crippen LogP contribution in [0.3, 0.4) is 0 Å². The molecule has 0 unspecified atom stereocenters. The summed E-state index contributed by atoms with van der Waals surface area (Å²) in [6.45, 7) is 0. The molecular weight excluding hydrogens is 368 g/mol. The predicted molar refractivity (Wildman–Crippen MR) is 90.1 cm³/mol. The first-order valence-corrected chi connectivity index (χ1v) is 7.86. The molecule has 4 nitrogen and oxygen atoms in total. The largest absolute Gasteiger partial charge is 0.373 e. The normalized spacial score (nSPS) is 17.9. The number of benzene rings is 2. The van der Waals surface area contributed by atoms with E-state index in [0.717, 1.165) is 10.2 Å². The number of halogens is 2. The van der Waals surface area contributed by atoms with Gasteiger partial charge >= 0.3 is 0 Å². The van der Waals surface area contributed by atoms with Crippen molar-refractivity contribution in [1.82, 2.24) is 0 Å². The summed E-state index contributed by atoms with van der Waals surface area (Å²) in [6, 6.07) is 13.6. The minimum Gasteiger partial charge on any atom is -0.373 e. The zero-order chi connectivity index (χ0) is 15.7. The molecule has 1 N–H and O–H groups in total. The van der Waals surface area contributed by atoms with E-state index in [-0.39, 0.29) is 18.2 Å². The van der Waals surface area contributed by atoms with E-state index in [1.165, 1.54) is 4.90 Å². The fourth-order valence-electron chi connectivity index (χ4n) is 2.39. The second kappa shape index (κ2) is 6.10. The summed E-state index contributed by atoms with van der Waals surface area (Å²) in [6.07, 6.45) is 0.126. The van der Waals surface area contributed by atoms with Crippen molar-refractivity contribution >= 4 is 50.7 Å². The van der Waals surface area contributed by atoms with Crippen molar-refractivity contribution in [2.24, 2.45) is 0 Å². The molecule has 0 bridgehead atoms. The number of imide groups is 1. The molecule has 1 aliphatic rings. The van der Waals surface area contributed by atoms with Gasteiger partial charge in [-0.15, -0.1) is 0 Å². The minimum absolute atomic E-state index is 0.126. The Bertz CT molecular complexity index is 733. The molecule has 1 heterocycles. The highest BCUT2D eigenvalue weighted by atomic mass is 79.9. The Morgan fingerprint density at radius 3 is 2.55 bits per heavy atom. The number of carbonyl (C=O) groups is 2. The van der Waals surface area contributed by atoms with Gasteiger partial charge in [-0.2, -0.15) is 0 Å². The van der Waals surface area contributed by atoms with Gasteiger partial charge in [-0.05, 0) is 42.5 Å². The molecule has 6 heteroatoms. The first kappa shape index (κ1) is 15.1. The van der Waals surface area contributed by atoms with Gasteiger partial charge in [0.25, 0.3) is 5.91 Å². The van der Waals surface area contributed by atoms with Crippen LogP contribution in [-0.2, 0) is 9.59 Å². The predicted octanol–water partition coefficient (Wildman–Crippen LogP) is 3.85. The summed E-state index contributed by atoms with van der Waals surface area (Å²) in [5, 5.41) is 3.64. The Hall–Kier alpha value is -1.85. The maximum Gasteiger partial charge on any atom is 0.256 e. The molecule has 22 heavy (non-hydrogen) atoms. The summed E-state index contributed by atoms with van der Waals surface area (Å²) in [4.78, 5) is 25.9.